The molecular weight excluding hydrogens is 356 g/mol. The van der Waals surface area contributed by atoms with Crippen molar-refractivity contribution in [3.63, 3.8) is 0 Å². The van der Waals surface area contributed by atoms with Gasteiger partial charge in [0.2, 0.25) is 10.0 Å². The van der Waals surface area contributed by atoms with Crippen molar-refractivity contribution in [2.45, 2.75) is 24.3 Å². The molecular formula is C15H25ClN2O5S. The van der Waals surface area contributed by atoms with E-state index >= 15 is 0 Å². The molecule has 1 aliphatic rings. The highest BCUT2D eigenvalue weighted by atomic mass is 35.5. The lowest BCUT2D eigenvalue weighted by atomic mass is 9.96. The van der Waals surface area contributed by atoms with Crippen LogP contribution in [0.3, 0.4) is 0 Å². The van der Waals surface area contributed by atoms with E-state index < -0.39 is 10.0 Å². The second-order valence-electron chi connectivity index (χ2n) is 5.65. The highest BCUT2D eigenvalue weighted by molar-refractivity contribution is 7.89. The van der Waals surface area contributed by atoms with Gasteiger partial charge in [-0.05, 0) is 12.3 Å². The molecule has 1 aliphatic heterocycles. The number of rotatable bonds is 5. The molecule has 0 aliphatic carbocycles. The minimum absolute atomic E-state index is 0. The SMILES string of the molecule is COc1cc(OC)c(S(=O)(=O)N2CCC(N)C(C)C2)c(OC)c1.Cl. The maximum atomic E-state index is 13.1. The van der Waals surface area contributed by atoms with Gasteiger partial charge in [-0.1, -0.05) is 6.92 Å². The monoisotopic (exact) mass is 380 g/mol. The Bertz CT molecular complexity index is 643. The van der Waals surface area contributed by atoms with E-state index in [1.54, 1.807) is 0 Å². The first-order valence-corrected chi connectivity index (χ1v) is 8.84. The van der Waals surface area contributed by atoms with Gasteiger partial charge in [-0.15, -0.1) is 12.4 Å². The summed E-state index contributed by atoms with van der Waals surface area (Å²) in [5.74, 6) is 0.952. The first-order chi connectivity index (χ1) is 10.8. The Morgan fingerprint density at radius 2 is 1.67 bits per heavy atom. The Kier molecular flexibility index (Phi) is 7.15. The fraction of sp³-hybridized carbons (Fsp3) is 0.600. The third-order valence-corrected chi connectivity index (χ3v) is 6.13. The van der Waals surface area contributed by atoms with Crippen molar-refractivity contribution in [3.8, 4) is 17.2 Å². The average molecular weight is 381 g/mol. The molecule has 24 heavy (non-hydrogen) atoms. The fourth-order valence-electron chi connectivity index (χ4n) is 2.70. The van der Waals surface area contributed by atoms with Gasteiger partial charge in [0.1, 0.15) is 17.2 Å². The summed E-state index contributed by atoms with van der Waals surface area (Å²) < 4.78 is 43.3. The number of ether oxygens (including phenoxy) is 3. The van der Waals surface area contributed by atoms with Gasteiger partial charge in [-0.3, -0.25) is 0 Å². The van der Waals surface area contributed by atoms with E-state index in [-0.39, 0.29) is 40.8 Å². The zero-order chi connectivity index (χ0) is 17.2. The van der Waals surface area contributed by atoms with Crippen molar-refractivity contribution in [1.29, 1.82) is 0 Å². The van der Waals surface area contributed by atoms with E-state index in [9.17, 15) is 8.42 Å². The molecule has 2 atom stereocenters. The number of hydrogen-bond donors (Lipinski definition) is 1. The lowest BCUT2D eigenvalue weighted by molar-refractivity contribution is 0.248. The summed E-state index contributed by atoms with van der Waals surface area (Å²) in [6.07, 6.45) is 0.626. The molecule has 0 radical (unpaired) electrons. The predicted molar refractivity (Wildman–Crippen MR) is 93.9 cm³/mol. The second-order valence-corrected chi connectivity index (χ2v) is 7.53. The molecule has 2 unspecified atom stereocenters. The van der Waals surface area contributed by atoms with Crippen molar-refractivity contribution < 1.29 is 22.6 Å². The molecule has 1 fully saturated rings. The summed E-state index contributed by atoms with van der Waals surface area (Å²) in [6.45, 7) is 2.71. The molecule has 0 bridgehead atoms. The van der Waals surface area contributed by atoms with Gasteiger partial charge in [0.15, 0.2) is 4.90 Å². The van der Waals surface area contributed by atoms with E-state index in [4.69, 9.17) is 19.9 Å². The van der Waals surface area contributed by atoms with Crippen molar-refractivity contribution in [2.75, 3.05) is 34.4 Å². The molecule has 9 heteroatoms. The number of benzene rings is 1. The Morgan fingerprint density at radius 3 is 2.08 bits per heavy atom. The van der Waals surface area contributed by atoms with Gasteiger partial charge in [0.05, 0.1) is 21.3 Å². The van der Waals surface area contributed by atoms with Gasteiger partial charge >= 0.3 is 0 Å². The summed E-state index contributed by atoms with van der Waals surface area (Å²) >= 11 is 0. The van der Waals surface area contributed by atoms with E-state index in [0.717, 1.165) is 0 Å². The van der Waals surface area contributed by atoms with Crippen LogP contribution in [0.25, 0.3) is 0 Å². The molecule has 138 valence electrons. The molecule has 1 aromatic carbocycles. The van der Waals surface area contributed by atoms with Gasteiger partial charge in [-0.2, -0.15) is 4.31 Å². The van der Waals surface area contributed by atoms with Crippen LogP contribution < -0.4 is 19.9 Å². The van der Waals surface area contributed by atoms with E-state index in [1.165, 1.54) is 37.8 Å². The zero-order valence-corrected chi connectivity index (χ0v) is 15.9. The number of hydrogen-bond acceptors (Lipinski definition) is 6. The van der Waals surface area contributed by atoms with Crippen LogP contribution >= 0.6 is 12.4 Å². The fourth-order valence-corrected chi connectivity index (χ4v) is 4.53. The topological polar surface area (TPSA) is 91.1 Å². The van der Waals surface area contributed by atoms with Crippen molar-refractivity contribution in [2.24, 2.45) is 11.7 Å². The Labute approximate surface area is 149 Å². The van der Waals surface area contributed by atoms with Gasteiger partial charge in [0.25, 0.3) is 0 Å². The summed E-state index contributed by atoms with van der Waals surface area (Å²) in [6, 6.07) is 3.09. The molecule has 1 heterocycles. The Morgan fingerprint density at radius 1 is 1.12 bits per heavy atom. The van der Waals surface area contributed by atoms with Crippen molar-refractivity contribution in [3.05, 3.63) is 12.1 Å². The maximum Gasteiger partial charge on any atom is 0.250 e. The largest absolute Gasteiger partial charge is 0.496 e. The first-order valence-electron chi connectivity index (χ1n) is 7.40. The average Bonchev–Trinajstić information content (AvgIpc) is 2.55. The summed E-state index contributed by atoms with van der Waals surface area (Å²) in [7, 11) is 0.577. The van der Waals surface area contributed by atoms with E-state index in [2.05, 4.69) is 0 Å². The van der Waals surface area contributed by atoms with Crippen LogP contribution in [0, 0.1) is 5.92 Å². The molecule has 2 rings (SSSR count). The number of methoxy groups -OCH3 is 3. The molecule has 0 amide bonds. The lowest BCUT2D eigenvalue weighted by Crippen LogP contribution is -2.48. The second kappa shape index (κ2) is 8.24. The highest BCUT2D eigenvalue weighted by Crippen LogP contribution is 2.39. The highest BCUT2D eigenvalue weighted by Gasteiger charge is 2.36. The molecule has 0 aromatic heterocycles. The Balaban J connectivity index is 0.00000288. The van der Waals surface area contributed by atoms with Gasteiger partial charge < -0.3 is 19.9 Å². The summed E-state index contributed by atoms with van der Waals surface area (Å²) in [5.41, 5.74) is 5.99. The van der Waals surface area contributed by atoms with E-state index in [1.807, 2.05) is 6.92 Å². The third kappa shape index (κ3) is 3.88. The van der Waals surface area contributed by atoms with Crippen LogP contribution in [-0.2, 0) is 10.0 Å². The third-order valence-electron chi connectivity index (χ3n) is 4.20. The van der Waals surface area contributed by atoms with E-state index in [0.29, 0.717) is 25.3 Å². The van der Waals surface area contributed by atoms with Crippen LogP contribution in [0.15, 0.2) is 17.0 Å². The number of sulfonamides is 1. The minimum Gasteiger partial charge on any atom is -0.496 e. The van der Waals surface area contributed by atoms with Crippen LogP contribution in [0.2, 0.25) is 0 Å². The quantitative estimate of drug-likeness (QED) is 0.832. The lowest BCUT2D eigenvalue weighted by Gasteiger charge is -2.34. The molecule has 1 saturated heterocycles. The van der Waals surface area contributed by atoms with Crippen LogP contribution in [0.5, 0.6) is 17.2 Å². The number of nitrogens with two attached hydrogens (primary N) is 1. The maximum absolute atomic E-state index is 13.1. The smallest absolute Gasteiger partial charge is 0.250 e. The molecule has 0 saturated carbocycles. The van der Waals surface area contributed by atoms with Crippen molar-refractivity contribution in [1.82, 2.24) is 4.31 Å². The minimum atomic E-state index is -3.76. The van der Waals surface area contributed by atoms with Gasteiger partial charge in [0, 0.05) is 31.3 Å². The molecule has 0 spiro atoms. The first kappa shape index (κ1) is 20.8. The Hall–Kier alpha value is -1.22. The van der Waals surface area contributed by atoms with Crippen LogP contribution in [0.4, 0.5) is 0 Å². The van der Waals surface area contributed by atoms with Crippen molar-refractivity contribution >= 4 is 22.4 Å². The molecule has 7 nitrogen and oxygen atoms in total. The number of halogens is 1. The number of nitrogens with zero attached hydrogens (tertiary/aromatic N) is 1. The summed E-state index contributed by atoms with van der Waals surface area (Å²) in [5, 5.41) is 0. The normalized spacial score (nSPS) is 21.7. The number of piperidine rings is 1. The standard InChI is InChI=1S/C15H24N2O5S.ClH/c1-10-9-17(6-5-12(10)16)23(18,19)15-13(21-3)7-11(20-2)8-14(15)22-4;/h7-8,10,12H,5-6,9,16H2,1-4H3;1H. The summed E-state index contributed by atoms with van der Waals surface area (Å²) in [4.78, 5) is 0.0194. The predicted octanol–water partition coefficient (Wildman–Crippen LogP) is 1.49. The zero-order valence-electron chi connectivity index (χ0n) is 14.3. The molecule has 2 N–H and O–H groups in total. The van der Waals surface area contributed by atoms with Crippen LogP contribution in [-0.4, -0.2) is 53.2 Å². The van der Waals surface area contributed by atoms with Gasteiger partial charge in [-0.25, -0.2) is 8.42 Å². The van der Waals surface area contributed by atoms with Crippen LogP contribution in [0.1, 0.15) is 13.3 Å². The molecule has 1 aromatic rings.